The molecule has 0 unspecified atom stereocenters. The largest absolute Gasteiger partial charge is 0.0935 e. The highest BCUT2D eigenvalue weighted by Crippen LogP contribution is 2.75. The summed E-state index contributed by atoms with van der Waals surface area (Å²) >= 11 is 0. The molecule has 4 rings (SSSR count). The molecule has 138 valence electrons. The van der Waals surface area contributed by atoms with Gasteiger partial charge in [-0.2, -0.15) is 0 Å². The molecule has 2 aliphatic rings. The van der Waals surface area contributed by atoms with Crippen molar-refractivity contribution in [3.05, 3.63) is 70.8 Å². The third kappa shape index (κ3) is 3.53. The number of unbranched alkanes of at least 4 members (excludes halogenated alkanes) is 2. The number of fused-ring (bicyclic) bond motifs is 2. The summed E-state index contributed by atoms with van der Waals surface area (Å²) in [6.07, 6.45) is 11.2. The van der Waals surface area contributed by atoms with E-state index < -0.39 is 0 Å². The molecule has 0 aromatic heterocycles. The molecular weight excluding hydrogens is 350 g/mol. The van der Waals surface area contributed by atoms with Gasteiger partial charge in [0.25, 0.3) is 0 Å². The van der Waals surface area contributed by atoms with Gasteiger partial charge in [0, 0.05) is 11.3 Å². The van der Waals surface area contributed by atoms with Crippen molar-refractivity contribution in [1.29, 1.82) is 0 Å². The SMILES string of the molecule is CCCC[P@]1Cc2ccccc2[C@@H]1[C@H]1c2ccccc2C[P@@]1CCCC. The molecule has 0 spiro atoms. The van der Waals surface area contributed by atoms with Crippen molar-refractivity contribution in [3.8, 4) is 0 Å². The molecule has 26 heavy (non-hydrogen) atoms. The van der Waals surface area contributed by atoms with E-state index in [2.05, 4.69) is 62.4 Å². The number of hydrogen-bond acceptors (Lipinski definition) is 0. The first-order valence-electron chi connectivity index (χ1n) is 10.5. The predicted octanol–water partition coefficient (Wildman–Crippen LogP) is 8.06. The molecule has 4 atom stereocenters. The fourth-order valence-corrected chi connectivity index (χ4v) is 12.6. The van der Waals surface area contributed by atoms with Crippen molar-refractivity contribution in [2.75, 3.05) is 12.3 Å². The summed E-state index contributed by atoms with van der Waals surface area (Å²) in [6.45, 7) is 4.71. The standard InChI is InChI=1S/C24H32P2/c1-3-5-15-25-17-19-11-7-9-13-21(19)23(25)24-22-14-10-8-12-20(22)18-26(24)16-6-4-2/h7-14,23-24H,3-6,15-18H2,1-2H3/t23-,24-,25-,26-/m1/s1. The lowest BCUT2D eigenvalue weighted by Crippen LogP contribution is -2.06. The van der Waals surface area contributed by atoms with Crippen LogP contribution in [0, 0.1) is 0 Å². The molecule has 0 radical (unpaired) electrons. The molecule has 0 nitrogen and oxygen atoms in total. The molecule has 0 saturated heterocycles. The van der Waals surface area contributed by atoms with Crippen LogP contribution in [0.15, 0.2) is 48.5 Å². The highest BCUT2D eigenvalue weighted by molar-refractivity contribution is 7.62. The van der Waals surface area contributed by atoms with Crippen LogP contribution in [0.5, 0.6) is 0 Å². The van der Waals surface area contributed by atoms with Crippen LogP contribution < -0.4 is 0 Å². The summed E-state index contributed by atoms with van der Waals surface area (Å²) in [5.74, 6) is 0. The number of hydrogen-bond donors (Lipinski definition) is 0. The van der Waals surface area contributed by atoms with Crippen LogP contribution in [0.4, 0.5) is 0 Å². The topological polar surface area (TPSA) is 0 Å². The molecular formula is C24H32P2. The van der Waals surface area contributed by atoms with E-state index in [0.717, 1.165) is 11.3 Å². The van der Waals surface area contributed by atoms with Gasteiger partial charge in [-0.05, 0) is 59.7 Å². The third-order valence-corrected chi connectivity index (χ3v) is 12.4. The third-order valence-electron chi connectivity index (χ3n) is 6.18. The molecule has 2 heteroatoms. The minimum Gasteiger partial charge on any atom is -0.0935 e. The Morgan fingerprint density at radius 3 is 1.54 bits per heavy atom. The van der Waals surface area contributed by atoms with Gasteiger partial charge in [-0.15, -0.1) is 0 Å². The Bertz CT molecular complexity index is 675. The molecule has 0 bridgehead atoms. The quantitative estimate of drug-likeness (QED) is 0.425. The average Bonchev–Trinajstić information content (AvgIpc) is 3.21. The van der Waals surface area contributed by atoms with Gasteiger partial charge in [0.05, 0.1) is 0 Å². The fourth-order valence-electron chi connectivity index (χ4n) is 4.86. The zero-order valence-corrected chi connectivity index (χ0v) is 18.1. The summed E-state index contributed by atoms with van der Waals surface area (Å²) < 4.78 is 0. The van der Waals surface area contributed by atoms with Crippen LogP contribution in [-0.2, 0) is 12.3 Å². The van der Waals surface area contributed by atoms with Crippen LogP contribution in [0.3, 0.4) is 0 Å². The Morgan fingerprint density at radius 2 is 1.12 bits per heavy atom. The fraction of sp³-hybridized carbons (Fsp3) is 0.500. The van der Waals surface area contributed by atoms with Crippen molar-refractivity contribution < 1.29 is 0 Å². The van der Waals surface area contributed by atoms with Crippen LogP contribution in [0.1, 0.15) is 73.1 Å². The van der Waals surface area contributed by atoms with Crippen molar-refractivity contribution in [2.45, 2.75) is 63.2 Å². The summed E-state index contributed by atoms with van der Waals surface area (Å²) in [5.41, 5.74) is 8.46. The average molecular weight is 382 g/mol. The van der Waals surface area contributed by atoms with Crippen LogP contribution in [0.2, 0.25) is 0 Å². The van der Waals surface area contributed by atoms with Crippen molar-refractivity contribution in [2.24, 2.45) is 0 Å². The Kier molecular flexibility index (Phi) is 6.13. The van der Waals surface area contributed by atoms with E-state index in [0.29, 0.717) is 0 Å². The number of benzene rings is 2. The second-order valence-corrected chi connectivity index (χ2v) is 12.9. The molecule has 2 aromatic rings. The zero-order chi connectivity index (χ0) is 17.9. The van der Waals surface area contributed by atoms with Gasteiger partial charge in [-0.25, -0.2) is 0 Å². The van der Waals surface area contributed by atoms with Crippen molar-refractivity contribution in [1.82, 2.24) is 0 Å². The molecule has 2 aliphatic heterocycles. The van der Waals surface area contributed by atoms with Gasteiger partial charge in [0.2, 0.25) is 0 Å². The van der Waals surface area contributed by atoms with E-state index in [1.54, 1.807) is 22.3 Å². The molecule has 0 fully saturated rings. The molecule has 2 heterocycles. The van der Waals surface area contributed by atoms with Gasteiger partial charge in [-0.3, -0.25) is 0 Å². The van der Waals surface area contributed by atoms with Crippen molar-refractivity contribution in [3.63, 3.8) is 0 Å². The van der Waals surface area contributed by atoms with Gasteiger partial charge in [0.15, 0.2) is 0 Å². The first-order chi connectivity index (χ1) is 12.8. The molecule has 0 aliphatic carbocycles. The Balaban J connectivity index is 1.73. The van der Waals surface area contributed by atoms with E-state index in [1.807, 2.05) is 0 Å². The highest BCUT2D eigenvalue weighted by atomic mass is 31.1. The van der Waals surface area contributed by atoms with Gasteiger partial charge in [-0.1, -0.05) is 91.1 Å². The van der Waals surface area contributed by atoms with E-state index in [4.69, 9.17) is 0 Å². The molecule has 2 aromatic carbocycles. The summed E-state index contributed by atoms with van der Waals surface area (Å²) in [7, 11) is 0.196. The van der Waals surface area contributed by atoms with E-state index in [-0.39, 0.29) is 15.8 Å². The van der Waals surface area contributed by atoms with Gasteiger partial charge >= 0.3 is 0 Å². The smallest absolute Gasteiger partial charge is 0.0156 e. The second-order valence-electron chi connectivity index (χ2n) is 7.94. The summed E-state index contributed by atoms with van der Waals surface area (Å²) in [5, 5.41) is 0. The van der Waals surface area contributed by atoms with E-state index in [1.165, 1.54) is 50.3 Å². The normalized spacial score (nSPS) is 26.7. The Labute approximate surface area is 162 Å². The first-order valence-corrected chi connectivity index (χ1v) is 14.0. The second kappa shape index (κ2) is 8.54. The maximum absolute atomic E-state index is 2.47. The lowest BCUT2D eigenvalue weighted by Gasteiger charge is -2.32. The van der Waals surface area contributed by atoms with Crippen LogP contribution in [-0.4, -0.2) is 12.3 Å². The summed E-state index contributed by atoms with van der Waals surface area (Å²) in [6, 6.07) is 18.9. The zero-order valence-electron chi connectivity index (χ0n) is 16.3. The lowest BCUT2D eigenvalue weighted by molar-refractivity contribution is 0.847. The van der Waals surface area contributed by atoms with E-state index in [9.17, 15) is 0 Å². The molecule has 0 N–H and O–H groups in total. The monoisotopic (exact) mass is 382 g/mol. The predicted molar refractivity (Wildman–Crippen MR) is 119 cm³/mol. The lowest BCUT2D eigenvalue weighted by atomic mass is 9.98. The maximum Gasteiger partial charge on any atom is 0.0156 e. The number of rotatable bonds is 7. The van der Waals surface area contributed by atoms with Crippen molar-refractivity contribution >= 4 is 15.8 Å². The highest BCUT2D eigenvalue weighted by Gasteiger charge is 2.44. The van der Waals surface area contributed by atoms with Crippen LogP contribution >= 0.6 is 15.8 Å². The van der Waals surface area contributed by atoms with Gasteiger partial charge < -0.3 is 0 Å². The Morgan fingerprint density at radius 1 is 0.692 bits per heavy atom. The molecule has 0 amide bonds. The molecule has 0 saturated carbocycles. The first kappa shape index (κ1) is 18.7. The van der Waals surface area contributed by atoms with Gasteiger partial charge in [0.1, 0.15) is 0 Å². The Hall–Kier alpha value is -0.700. The van der Waals surface area contributed by atoms with E-state index >= 15 is 0 Å². The maximum atomic E-state index is 2.47. The minimum atomic E-state index is 0.0978. The van der Waals surface area contributed by atoms with Crippen LogP contribution in [0.25, 0.3) is 0 Å². The minimum absolute atomic E-state index is 0.0978. The summed E-state index contributed by atoms with van der Waals surface area (Å²) in [4.78, 5) is 0.